The lowest BCUT2D eigenvalue weighted by molar-refractivity contribution is 0.183. The molecule has 0 aromatic heterocycles. The molecule has 0 radical (unpaired) electrons. The monoisotopic (exact) mass is 136 g/mol. The quantitative estimate of drug-likeness (QED) is 0.566. The van der Waals surface area contributed by atoms with Crippen LogP contribution in [0.1, 0.15) is 26.7 Å². The Morgan fingerprint density at radius 2 is 1.75 bits per heavy atom. The Bertz CT molecular complexity index is 51.3. The molecule has 0 nitrogen and oxygen atoms in total. The van der Waals surface area contributed by atoms with Gasteiger partial charge < -0.3 is 0 Å². The van der Waals surface area contributed by atoms with E-state index in [2.05, 4.69) is 12.6 Å². The van der Waals surface area contributed by atoms with E-state index in [1.807, 2.05) is 13.8 Å². The van der Waals surface area contributed by atoms with Gasteiger partial charge in [-0.05, 0) is 12.8 Å². The maximum atomic E-state index is 12.9. The van der Waals surface area contributed by atoms with Crippen LogP contribution in [0.15, 0.2) is 0 Å². The molecule has 0 heterocycles. The van der Waals surface area contributed by atoms with Crippen LogP contribution in [-0.2, 0) is 0 Å². The molecule has 2 heteroatoms. The molecule has 0 aliphatic heterocycles. The van der Waals surface area contributed by atoms with E-state index in [1.54, 1.807) is 0 Å². The maximum Gasteiger partial charge on any atom is 0.119 e. The minimum atomic E-state index is -1.01. The van der Waals surface area contributed by atoms with Gasteiger partial charge in [-0.25, -0.2) is 4.39 Å². The van der Waals surface area contributed by atoms with Crippen LogP contribution in [0.4, 0.5) is 4.39 Å². The first-order valence-corrected chi connectivity index (χ1v) is 3.61. The molecule has 0 aromatic rings. The number of rotatable bonds is 3. The van der Waals surface area contributed by atoms with Crippen molar-refractivity contribution in [2.45, 2.75) is 32.4 Å². The van der Waals surface area contributed by atoms with Crippen LogP contribution in [0.5, 0.6) is 0 Å². The Morgan fingerprint density at radius 1 is 1.38 bits per heavy atom. The molecule has 50 valence electrons. The molecule has 0 unspecified atom stereocenters. The minimum Gasteiger partial charge on any atom is -0.243 e. The number of hydrogen-bond donors (Lipinski definition) is 1. The molecule has 0 N–H and O–H groups in total. The molecule has 0 aromatic carbocycles. The van der Waals surface area contributed by atoms with E-state index < -0.39 is 5.67 Å². The van der Waals surface area contributed by atoms with Crippen LogP contribution < -0.4 is 0 Å². The van der Waals surface area contributed by atoms with Crippen molar-refractivity contribution < 1.29 is 4.39 Å². The standard InChI is InChI=1S/C6H13FS/c1-3-6(7,4-2)5-8/h8H,3-5H2,1-2H3. The third-order valence-corrected chi connectivity index (χ3v) is 2.12. The summed E-state index contributed by atoms with van der Waals surface area (Å²) in [5, 5.41) is 0. The van der Waals surface area contributed by atoms with Crippen LogP contribution in [0, 0.1) is 0 Å². The Hall–Kier alpha value is 0.280. The second-order valence-corrected chi connectivity index (χ2v) is 2.33. The largest absolute Gasteiger partial charge is 0.243 e. The lowest BCUT2D eigenvalue weighted by atomic mass is 10.0. The first-order chi connectivity index (χ1) is 3.68. The molecule has 0 saturated carbocycles. The molecule has 0 aliphatic rings. The minimum absolute atomic E-state index is 0.347. The summed E-state index contributed by atoms with van der Waals surface area (Å²) in [4.78, 5) is 0. The van der Waals surface area contributed by atoms with E-state index >= 15 is 0 Å². The second kappa shape index (κ2) is 3.33. The maximum absolute atomic E-state index is 12.9. The molecule has 0 spiro atoms. The third-order valence-electron chi connectivity index (χ3n) is 1.55. The van der Waals surface area contributed by atoms with Gasteiger partial charge in [0.2, 0.25) is 0 Å². The van der Waals surface area contributed by atoms with Gasteiger partial charge in [0, 0.05) is 5.75 Å². The van der Waals surface area contributed by atoms with E-state index in [0.717, 1.165) is 0 Å². The molecule has 0 rings (SSSR count). The van der Waals surface area contributed by atoms with E-state index in [4.69, 9.17) is 0 Å². The summed E-state index contributed by atoms with van der Waals surface area (Å²) in [7, 11) is 0. The van der Waals surface area contributed by atoms with Crippen LogP contribution in [0.3, 0.4) is 0 Å². The number of halogens is 1. The third kappa shape index (κ3) is 2.03. The van der Waals surface area contributed by atoms with E-state index in [0.29, 0.717) is 18.6 Å². The van der Waals surface area contributed by atoms with Gasteiger partial charge in [0.25, 0.3) is 0 Å². The van der Waals surface area contributed by atoms with Crippen molar-refractivity contribution in [3.8, 4) is 0 Å². The first-order valence-electron chi connectivity index (χ1n) is 2.98. The zero-order chi connectivity index (χ0) is 6.62. The van der Waals surface area contributed by atoms with Crippen LogP contribution in [0.25, 0.3) is 0 Å². The molecule has 8 heavy (non-hydrogen) atoms. The van der Waals surface area contributed by atoms with Crippen molar-refractivity contribution in [1.29, 1.82) is 0 Å². The summed E-state index contributed by atoms with van der Waals surface area (Å²) in [6.45, 7) is 3.69. The molecule has 0 atom stereocenters. The number of thiol groups is 1. The molecule has 0 saturated heterocycles. The highest BCUT2D eigenvalue weighted by Crippen LogP contribution is 2.20. The van der Waals surface area contributed by atoms with Crippen molar-refractivity contribution in [1.82, 2.24) is 0 Å². The fraction of sp³-hybridized carbons (Fsp3) is 1.00. The summed E-state index contributed by atoms with van der Waals surface area (Å²) in [6.07, 6.45) is 1.15. The lowest BCUT2D eigenvalue weighted by Crippen LogP contribution is -2.22. The fourth-order valence-corrected chi connectivity index (χ4v) is 0.921. The summed E-state index contributed by atoms with van der Waals surface area (Å²) in [6, 6.07) is 0. The SMILES string of the molecule is CCC(F)(CC)CS. The van der Waals surface area contributed by atoms with E-state index in [1.165, 1.54) is 0 Å². The topological polar surface area (TPSA) is 0 Å². The highest BCUT2D eigenvalue weighted by Gasteiger charge is 2.21. The average molecular weight is 136 g/mol. The molecule has 0 bridgehead atoms. The van der Waals surface area contributed by atoms with E-state index in [-0.39, 0.29) is 0 Å². The van der Waals surface area contributed by atoms with E-state index in [9.17, 15) is 4.39 Å². The fourth-order valence-electron chi connectivity index (χ4n) is 0.474. The molecule has 0 aliphatic carbocycles. The Kier molecular flexibility index (Phi) is 3.45. The number of alkyl halides is 1. The molecular formula is C6H13FS. The zero-order valence-electron chi connectivity index (χ0n) is 5.45. The smallest absolute Gasteiger partial charge is 0.119 e. The highest BCUT2D eigenvalue weighted by molar-refractivity contribution is 7.80. The zero-order valence-corrected chi connectivity index (χ0v) is 6.34. The summed E-state index contributed by atoms with van der Waals surface area (Å²) < 4.78 is 12.9. The second-order valence-electron chi connectivity index (χ2n) is 2.02. The van der Waals surface area contributed by atoms with Crippen molar-refractivity contribution in [2.75, 3.05) is 5.75 Å². The van der Waals surface area contributed by atoms with Gasteiger partial charge in [0.1, 0.15) is 5.67 Å². The van der Waals surface area contributed by atoms with Crippen molar-refractivity contribution in [2.24, 2.45) is 0 Å². The van der Waals surface area contributed by atoms with Crippen LogP contribution in [-0.4, -0.2) is 11.4 Å². The van der Waals surface area contributed by atoms with Gasteiger partial charge in [0.05, 0.1) is 0 Å². The van der Waals surface area contributed by atoms with Gasteiger partial charge in [-0.15, -0.1) is 0 Å². The summed E-state index contributed by atoms with van der Waals surface area (Å²) >= 11 is 3.89. The van der Waals surface area contributed by atoms with Gasteiger partial charge >= 0.3 is 0 Å². The lowest BCUT2D eigenvalue weighted by Gasteiger charge is -2.17. The first kappa shape index (κ1) is 8.28. The van der Waals surface area contributed by atoms with Gasteiger partial charge in [-0.2, -0.15) is 12.6 Å². The summed E-state index contributed by atoms with van der Waals surface area (Å²) in [5.41, 5.74) is -1.01. The predicted molar refractivity (Wildman–Crippen MR) is 38.3 cm³/mol. The highest BCUT2D eigenvalue weighted by atomic mass is 32.1. The Morgan fingerprint density at radius 3 is 1.75 bits per heavy atom. The van der Waals surface area contributed by atoms with Crippen LogP contribution in [0.2, 0.25) is 0 Å². The molecular weight excluding hydrogens is 123 g/mol. The normalized spacial score (nSPS) is 12.0. The summed E-state index contributed by atoms with van der Waals surface area (Å²) in [5.74, 6) is 0.347. The van der Waals surface area contributed by atoms with Gasteiger partial charge in [-0.1, -0.05) is 13.8 Å². The Balaban J connectivity index is 3.58. The molecule has 0 fully saturated rings. The van der Waals surface area contributed by atoms with Crippen molar-refractivity contribution in [3.63, 3.8) is 0 Å². The average Bonchev–Trinajstić information content (AvgIpc) is 1.87. The number of hydrogen-bond acceptors (Lipinski definition) is 1. The van der Waals surface area contributed by atoms with Crippen LogP contribution >= 0.6 is 12.6 Å². The Labute approximate surface area is 55.9 Å². The molecule has 0 amide bonds. The van der Waals surface area contributed by atoms with Gasteiger partial charge in [0.15, 0.2) is 0 Å². The van der Waals surface area contributed by atoms with Crippen molar-refractivity contribution in [3.05, 3.63) is 0 Å². The van der Waals surface area contributed by atoms with Crippen molar-refractivity contribution >= 4 is 12.6 Å². The predicted octanol–water partition coefficient (Wildman–Crippen LogP) is 2.44. The van der Waals surface area contributed by atoms with Gasteiger partial charge in [-0.3, -0.25) is 0 Å².